The number of anilines is 1. The lowest BCUT2D eigenvalue weighted by Gasteiger charge is -2.18. The van der Waals surface area contributed by atoms with Gasteiger partial charge < -0.3 is 5.32 Å². The van der Waals surface area contributed by atoms with Gasteiger partial charge in [-0.25, -0.2) is 8.42 Å². The van der Waals surface area contributed by atoms with Crippen LogP contribution in [0.3, 0.4) is 0 Å². The highest BCUT2D eigenvalue weighted by molar-refractivity contribution is 9.10. The summed E-state index contributed by atoms with van der Waals surface area (Å²) < 4.78 is 26.2. The second-order valence-corrected chi connectivity index (χ2v) is 7.13. The van der Waals surface area contributed by atoms with E-state index in [1.165, 1.54) is 19.1 Å². The SMILES string of the molecule is CC(=O)Nc1cc(C)c(S(=O)(=O)N(CC#N)CC#N)cc1Br. The lowest BCUT2D eigenvalue weighted by Crippen LogP contribution is -2.32. The third-order valence-corrected chi connectivity index (χ3v) is 5.28. The largest absolute Gasteiger partial charge is 0.325 e. The van der Waals surface area contributed by atoms with E-state index >= 15 is 0 Å². The van der Waals surface area contributed by atoms with Crippen molar-refractivity contribution >= 4 is 37.5 Å². The van der Waals surface area contributed by atoms with Crippen molar-refractivity contribution in [2.75, 3.05) is 18.4 Å². The number of halogens is 1. The number of rotatable bonds is 5. The number of nitrogens with one attached hydrogen (secondary N) is 1. The second kappa shape index (κ2) is 7.36. The van der Waals surface area contributed by atoms with Gasteiger partial charge in [0.2, 0.25) is 15.9 Å². The summed E-state index contributed by atoms with van der Waals surface area (Å²) in [6.45, 7) is 2.08. The molecular weight excluding hydrogens is 372 g/mol. The van der Waals surface area contributed by atoms with Crippen molar-refractivity contribution in [1.29, 1.82) is 10.5 Å². The molecule has 1 aromatic rings. The predicted octanol–water partition coefficient (Wildman–Crippen LogP) is 1.75. The molecule has 0 aliphatic carbocycles. The highest BCUT2D eigenvalue weighted by Gasteiger charge is 2.26. The molecule has 0 bridgehead atoms. The van der Waals surface area contributed by atoms with E-state index in [2.05, 4.69) is 21.2 Å². The normalized spacial score (nSPS) is 10.8. The average molecular weight is 385 g/mol. The summed E-state index contributed by atoms with van der Waals surface area (Å²) in [7, 11) is -3.98. The van der Waals surface area contributed by atoms with E-state index in [0.717, 1.165) is 4.31 Å². The van der Waals surface area contributed by atoms with Crippen molar-refractivity contribution in [1.82, 2.24) is 4.31 Å². The monoisotopic (exact) mass is 384 g/mol. The van der Waals surface area contributed by atoms with Crippen LogP contribution in [0.5, 0.6) is 0 Å². The molecule has 0 aliphatic rings. The van der Waals surface area contributed by atoms with Gasteiger partial charge in [0.05, 0.1) is 22.7 Å². The van der Waals surface area contributed by atoms with Gasteiger partial charge in [-0.05, 0) is 40.5 Å². The summed E-state index contributed by atoms with van der Waals surface area (Å²) in [6, 6.07) is 6.31. The van der Waals surface area contributed by atoms with Gasteiger partial charge in [0.25, 0.3) is 0 Å². The summed E-state index contributed by atoms with van der Waals surface area (Å²) in [6.07, 6.45) is 0. The van der Waals surface area contributed by atoms with Gasteiger partial charge in [-0.1, -0.05) is 0 Å². The van der Waals surface area contributed by atoms with Crippen LogP contribution in [-0.2, 0) is 14.8 Å². The molecule has 0 saturated carbocycles. The zero-order valence-electron chi connectivity index (χ0n) is 11.9. The predicted molar refractivity (Wildman–Crippen MR) is 83.2 cm³/mol. The van der Waals surface area contributed by atoms with Crippen LogP contribution < -0.4 is 5.32 Å². The van der Waals surface area contributed by atoms with E-state index in [9.17, 15) is 13.2 Å². The van der Waals surface area contributed by atoms with E-state index in [1.807, 2.05) is 0 Å². The fraction of sp³-hybridized carbons (Fsp3) is 0.308. The summed E-state index contributed by atoms with van der Waals surface area (Å²) in [5, 5.41) is 20.0. The molecule has 0 radical (unpaired) electrons. The van der Waals surface area contributed by atoms with Gasteiger partial charge >= 0.3 is 0 Å². The summed E-state index contributed by atoms with van der Waals surface area (Å²) in [5.41, 5.74) is 0.837. The molecule has 1 aromatic carbocycles. The molecule has 0 atom stereocenters. The van der Waals surface area contributed by atoms with Crippen molar-refractivity contribution in [2.24, 2.45) is 0 Å². The number of carbonyl (C=O) groups excluding carboxylic acids is 1. The van der Waals surface area contributed by atoms with Crippen LogP contribution in [0.25, 0.3) is 0 Å². The second-order valence-electron chi connectivity index (χ2n) is 4.37. The van der Waals surface area contributed by atoms with E-state index in [-0.39, 0.29) is 10.8 Å². The Kier molecular flexibility index (Phi) is 6.06. The molecule has 0 fully saturated rings. The average Bonchev–Trinajstić information content (AvgIpc) is 2.41. The first kappa shape index (κ1) is 18.1. The maximum absolute atomic E-state index is 12.5. The highest BCUT2D eigenvalue weighted by atomic mass is 79.9. The molecule has 0 aliphatic heterocycles. The van der Waals surface area contributed by atoms with E-state index in [1.54, 1.807) is 19.1 Å². The maximum atomic E-state index is 12.5. The first-order valence-corrected chi connectivity index (χ1v) is 8.29. The van der Waals surface area contributed by atoms with Crippen LogP contribution in [-0.4, -0.2) is 31.7 Å². The van der Waals surface area contributed by atoms with Gasteiger partial charge in [-0.15, -0.1) is 0 Å². The van der Waals surface area contributed by atoms with Crippen molar-refractivity contribution < 1.29 is 13.2 Å². The van der Waals surface area contributed by atoms with Crippen molar-refractivity contribution in [2.45, 2.75) is 18.7 Å². The molecule has 116 valence electrons. The number of benzene rings is 1. The van der Waals surface area contributed by atoms with Gasteiger partial charge in [0.1, 0.15) is 13.1 Å². The number of nitrogens with zero attached hydrogens (tertiary/aromatic N) is 3. The van der Waals surface area contributed by atoms with E-state index in [4.69, 9.17) is 10.5 Å². The zero-order chi connectivity index (χ0) is 16.9. The Hall–Kier alpha value is -1.94. The van der Waals surface area contributed by atoms with Gasteiger partial charge in [-0.3, -0.25) is 4.79 Å². The number of nitriles is 2. The Bertz CT molecular complexity index is 762. The van der Waals surface area contributed by atoms with Crippen LogP contribution in [0.4, 0.5) is 5.69 Å². The van der Waals surface area contributed by atoms with Gasteiger partial charge in [0.15, 0.2) is 0 Å². The molecule has 22 heavy (non-hydrogen) atoms. The molecule has 9 heteroatoms. The maximum Gasteiger partial charge on any atom is 0.245 e. The number of sulfonamides is 1. The smallest absolute Gasteiger partial charge is 0.245 e. The molecule has 0 saturated heterocycles. The first-order chi connectivity index (χ1) is 10.2. The first-order valence-electron chi connectivity index (χ1n) is 6.05. The van der Waals surface area contributed by atoms with Crippen molar-refractivity contribution in [3.63, 3.8) is 0 Å². The Morgan fingerprint density at radius 3 is 2.32 bits per heavy atom. The van der Waals surface area contributed by atoms with Crippen LogP contribution >= 0.6 is 15.9 Å². The number of hydrogen-bond donors (Lipinski definition) is 1. The lowest BCUT2D eigenvalue weighted by molar-refractivity contribution is -0.114. The van der Waals surface area contributed by atoms with Crippen molar-refractivity contribution in [3.8, 4) is 12.1 Å². The lowest BCUT2D eigenvalue weighted by atomic mass is 10.2. The van der Waals surface area contributed by atoms with Crippen molar-refractivity contribution in [3.05, 3.63) is 22.2 Å². The minimum absolute atomic E-state index is 0.0287. The quantitative estimate of drug-likeness (QED) is 0.776. The van der Waals surface area contributed by atoms with Crippen LogP contribution in [0.1, 0.15) is 12.5 Å². The molecule has 1 N–H and O–H groups in total. The summed E-state index contributed by atoms with van der Waals surface area (Å²) in [5.74, 6) is -0.286. The third-order valence-electron chi connectivity index (χ3n) is 2.69. The third kappa shape index (κ3) is 4.04. The number of amides is 1. The molecule has 0 spiro atoms. The zero-order valence-corrected chi connectivity index (χ0v) is 14.3. The topological polar surface area (TPSA) is 114 Å². The fourth-order valence-electron chi connectivity index (χ4n) is 1.75. The number of aryl methyl sites for hydroxylation is 1. The fourth-order valence-corrected chi connectivity index (χ4v) is 3.81. The molecule has 7 nitrogen and oxygen atoms in total. The molecule has 0 unspecified atom stereocenters. The van der Waals surface area contributed by atoms with Crippen LogP contribution in [0.2, 0.25) is 0 Å². The number of carbonyl (C=O) groups is 1. The van der Waals surface area contributed by atoms with Gasteiger partial charge in [-0.2, -0.15) is 14.8 Å². The molecule has 0 aromatic heterocycles. The van der Waals surface area contributed by atoms with Gasteiger partial charge in [0, 0.05) is 11.4 Å². The Balaban J connectivity index is 3.37. The Morgan fingerprint density at radius 2 is 1.86 bits per heavy atom. The molecule has 1 rings (SSSR count). The minimum atomic E-state index is -3.98. The molecular formula is C13H13BrN4O3S. The highest BCUT2D eigenvalue weighted by Crippen LogP contribution is 2.30. The molecule has 0 heterocycles. The minimum Gasteiger partial charge on any atom is -0.325 e. The number of hydrogen-bond acceptors (Lipinski definition) is 5. The Labute approximate surface area is 137 Å². The molecule has 1 amide bonds. The van der Waals surface area contributed by atoms with Crippen LogP contribution in [0, 0.1) is 29.6 Å². The van der Waals surface area contributed by atoms with E-state index < -0.39 is 23.1 Å². The summed E-state index contributed by atoms with van der Waals surface area (Å²) in [4.78, 5) is 11.1. The van der Waals surface area contributed by atoms with E-state index in [0.29, 0.717) is 15.7 Å². The standard InChI is InChI=1S/C13H13BrN4O3S/c1-9-7-12(17-10(2)19)11(14)8-13(9)22(20,21)18(5-3-15)6-4-16/h7-8H,5-6H2,1-2H3,(H,17,19). The van der Waals surface area contributed by atoms with Crippen LogP contribution in [0.15, 0.2) is 21.5 Å². The summed E-state index contributed by atoms with van der Waals surface area (Å²) >= 11 is 3.20. The Morgan fingerprint density at radius 1 is 1.32 bits per heavy atom.